The van der Waals surface area contributed by atoms with Crippen molar-refractivity contribution >= 4 is 10.0 Å². The van der Waals surface area contributed by atoms with Crippen LogP contribution < -0.4 is 9.46 Å². The Morgan fingerprint density at radius 2 is 1.56 bits per heavy atom. The van der Waals surface area contributed by atoms with E-state index in [1.54, 1.807) is 24.3 Å². The predicted octanol–water partition coefficient (Wildman–Crippen LogP) is 3.98. The maximum absolute atomic E-state index is 12.8. The number of sulfonamides is 1. The van der Waals surface area contributed by atoms with Gasteiger partial charge in [-0.25, -0.2) is 13.1 Å². The second-order valence-electron chi connectivity index (χ2n) is 7.05. The summed E-state index contributed by atoms with van der Waals surface area (Å²) in [6.45, 7) is 0. The fourth-order valence-electron chi connectivity index (χ4n) is 3.54. The molecule has 0 heterocycles. The number of ether oxygens (including phenoxy) is 1. The summed E-state index contributed by atoms with van der Waals surface area (Å²) in [6, 6.07) is 16.6. The maximum atomic E-state index is 12.8. The molecule has 0 amide bonds. The van der Waals surface area contributed by atoms with Crippen LogP contribution in [0.25, 0.3) is 0 Å². The first-order valence-corrected chi connectivity index (χ1v) is 10.4. The summed E-state index contributed by atoms with van der Waals surface area (Å²) in [6.07, 6.45) is 6.53. The third-order valence-corrected chi connectivity index (χ3v) is 6.70. The van der Waals surface area contributed by atoms with Crippen LogP contribution in [-0.4, -0.2) is 14.5 Å². The Labute approximate surface area is 149 Å². The molecule has 2 aliphatic rings. The number of nitrogens with one attached hydrogen (secondary N) is 1. The van der Waals surface area contributed by atoms with E-state index >= 15 is 0 Å². The second kappa shape index (κ2) is 6.46. The van der Waals surface area contributed by atoms with E-state index in [1.165, 1.54) is 12.8 Å². The molecular weight excluding hydrogens is 334 g/mol. The minimum absolute atomic E-state index is 0.272. The summed E-state index contributed by atoms with van der Waals surface area (Å²) < 4.78 is 34.3. The first kappa shape index (κ1) is 16.6. The molecule has 1 N–H and O–H groups in total. The largest absolute Gasteiger partial charge is 0.490 e. The molecule has 0 bridgehead atoms. The number of benzene rings is 2. The van der Waals surface area contributed by atoms with Gasteiger partial charge in [-0.3, -0.25) is 0 Å². The van der Waals surface area contributed by atoms with E-state index < -0.39 is 15.6 Å². The Bertz CT molecular complexity index is 821. The minimum atomic E-state index is -3.55. The van der Waals surface area contributed by atoms with Gasteiger partial charge in [-0.2, -0.15) is 0 Å². The average molecular weight is 357 g/mol. The van der Waals surface area contributed by atoms with Gasteiger partial charge in [0.25, 0.3) is 0 Å². The van der Waals surface area contributed by atoms with Crippen LogP contribution in [0.2, 0.25) is 0 Å². The molecule has 0 atom stereocenters. The highest BCUT2D eigenvalue weighted by Crippen LogP contribution is 2.46. The molecule has 2 fully saturated rings. The quantitative estimate of drug-likeness (QED) is 0.851. The van der Waals surface area contributed by atoms with E-state index in [2.05, 4.69) is 4.72 Å². The Balaban J connectivity index is 1.48. The molecule has 0 aromatic heterocycles. The Hall–Kier alpha value is -1.85. The highest BCUT2D eigenvalue weighted by molar-refractivity contribution is 7.89. The van der Waals surface area contributed by atoms with Crippen LogP contribution >= 0.6 is 0 Å². The molecule has 0 saturated heterocycles. The van der Waals surface area contributed by atoms with Crippen molar-refractivity contribution in [3.05, 3.63) is 60.2 Å². The van der Waals surface area contributed by atoms with Crippen molar-refractivity contribution in [3.8, 4) is 5.75 Å². The van der Waals surface area contributed by atoms with E-state index in [9.17, 15) is 8.42 Å². The maximum Gasteiger partial charge on any atom is 0.241 e. The fraction of sp³-hybridized carbons (Fsp3) is 0.400. The zero-order valence-electron chi connectivity index (χ0n) is 14.1. The van der Waals surface area contributed by atoms with Crippen molar-refractivity contribution < 1.29 is 13.2 Å². The highest BCUT2D eigenvalue weighted by atomic mass is 32.2. The predicted molar refractivity (Wildman–Crippen MR) is 97.0 cm³/mol. The van der Waals surface area contributed by atoms with Crippen molar-refractivity contribution in [3.63, 3.8) is 0 Å². The zero-order chi connectivity index (χ0) is 17.3. The van der Waals surface area contributed by atoms with Gasteiger partial charge in [-0.15, -0.1) is 0 Å². The van der Waals surface area contributed by atoms with E-state index in [4.69, 9.17) is 4.74 Å². The summed E-state index contributed by atoms with van der Waals surface area (Å²) in [5.74, 6) is 0.745. The van der Waals surface area contributed by atoms with E-state index in [0.717, 1.165) is 37.0 Å². The Morgan fingerprint density at radius 3 is 2.16 bits per heavy atom. The molecule has 2 saturated carbocycles. The van der Waals surface area contributed by atoms with Gasteiger partial charge in [-0.1, -0.05) is 30.3 Å². The van der Waals surface area contributed by atoms with Gasteiger partial charge >= 0.3 is 0 Å². The first-order chi connectivity index (χ1) is 12.1. The minimum Gasteiger partial charge on any atom is -0.490 e. The van der Waals surface area contributed by atoms with Crippen molar-refractivity contribution in [2.75, 3.05) is 0 Å². The van der Waals surface area contributed by atoms with Crippen LogP contribution in [0.3, 0.4) is 0 Å². The van der Waals surface area contributed by atoms with Crippen molar-refractivity contribution in [1.82, 2.24) is 4.72 Å². The lowest BCUT2D eigenvalue weighted by atomic mass is 10.1. The molecule has 4 rings (SSSR count). The van der Waals surface area contributed by atoms with E-state index in [-0.39, 0.29) is 11.0 Å². The van der Waals surface area contributed by atoms with Gasteiger partial charge in [0, 0.05) is 0 Å². The molecular formula is C20H23NO3S. The number of hydrogen-bond donors (Lipinski definition) is 1. The molecule has 2 aromatic rings. The molecule has 4 nitrogen and oxygen atoms in total. The van der Waals surface area contributed by atoms with Crippen molar-refractivity contribution in [2.24, 2.45) is 0 Å². The molecule has 25 heavy (non-hydrogen) atoms. The lowest BCUT2D eigenvalue weighted by Crippen LogP contribution is -2.34. The Kier molecular flexibility index (Phi) is 4.29. The summed E-state index contributed by atoms with van der Waals surface area (Å²) in [4.78, 5) is 0.286. The third kappa shape index (κ3) is 3.58. The standard InChI is InChI=1S/C20H23NO3S/c22-25(23,21-20(14-15-20)16-6-2-1-3-7-16)19-12-10-18(11-13-19)24-17-8-4-5-9-17/h1-3,6-7,10-13,17,21H,4-5,8-9,14-15H2. The zero-order valence-corrected chi connectivity index (χ0v) is 15.0. The third-order valence-electron chi connectivity index (χ3n) is 5.15. The monoisotopic (exact) mass is 357 g/mol. The van der Waals surface area contributed by atoms with Crippen LogP contribution in [-0.2, 0) is 15.6 Å². The van der Waals surface area contributed by atoms with Gasteiger partial charge in [0.1, 0.15) is 5.75 Å². The molecule has 5 heteroatoms. The van der Waals surface area contributed by atoms with E-state index in [0.29, 0.717) is 0 Å². The van der Waals surface area contributed by atoms with Gasteiger partial charge in [0.05, 0.1) is 16.5 Å². The number of hydrogen-bond acceptors (Lipinski definition) is 3. The highest BCUT2D eigenvalue weighted by Gasteiger charge is 2.47. The van der Waals surface area contributed by atoms with Gasteiger partial charge in [-0.05, 0) is 68.4 Å². The second-order valence-corrected chi connectivity index (χ2v) is 8.73. The van der Waals surface area contributed by atoms with Gasteiger partial charge < -0.3 is 4.74 Å². The van der Waals surface area contributed by atoms with Crippen LogP contribution in [0, 0.1) is 0 Å². The van der Waals surface area contributed by atoms with Crippen LogP contribution in [0.1, 0.15) is 44.1 Å². The first-order valence-electron chi connectivity index (χ1n) is 8.94. The van der Waals surface area contributed by atoms with Crippen LogP contribution in [0.5, 0.6) is 5.75 Å². The number of rotatable bonds is 6. The molecule has 0 unspecified atom stereocenters. The summed E-state index contributed by atoms with van der Waals surface area (Å²) >= 11 is 0. The smallest absolute Gasteiger partial charge is 0.241 e. The summed E-state index contributed by atoms with van der Waals surface area (Å²) in [5, 5.41) is 0. The fourth-order valence-corrected chi connectivity index (χ4v) is 4.99. The molecule has 0 radical (unpaired) electrons. The van der Waals surface area contributed by atoms with Crippen molar-refractivity contribution in [1.29, 1.82) is 0 Å². The lowest BCUT2D eigenvalue weighted by molar-refractivity contribution is 0.210. The average Bonchev–Trinajstić information content (AvgIpc) is 3.21. The molecule has 0 spiro atoms. The normalized spacial score (nSPS) is 19.7. The summed E-state index contributed by atoms with van der Waals surface area (Å²) in [7, 11) is -3.55. The van der Waals surface area contributed by atoms with E-state index in [1.807, 2.05) is 30.3 Å². The molecule has 132 valence electrons. The topological polar surface area (TPSA) is 55.4 Å². The van der Waals surface area contributed by atoms with Gasteiger partial charge in [0.2, 0.25) is 10.0 Å². The SMILES string of the molecule is O=S(=O)(NC1(c2ccccc2)CC1)c1ccc(OC2CCCC2)cc1. The van der Waals surface area contributed by atoms with Crippen LogP contribution in [0.15, 0.2) is 59.5 Å². The Morgan fingerprint density at radius 1 is 0.920 bits per heavy atom. The molecule has 0 aliphatic heterocycles. The van der Waals surface area contributed by atoms with Crippen molar-refractivity contribution in [2.45, 2.75) is 55.1 Å². The molecule has 2 aliphatic carbocycles. The van der Waals surface area contributed by atoms with Gasteiger partial charge in [0.15, 0.2) is 0 Å². The summed E-state index contributed by atoms with van der Waals surface area (Å²) in [5.41, 5.74) is 0.582. The lowest BCUT2D eigenvalue weighted by Gasteiger charge is -2.18. The van der Waals surface area contributed by atoms with Crippen LogP contribution in [0.4, 0.5) is 0 Å². The molecule has 2 aromatic carbocycles.